The average Bonchev–Trinajstić information content (AvgIpc) is 2.84. The van der Waals surface area contributed by atoms with Crippen LogP contribution in [0.3, 0.4) is 0 Å². The Hall–Kier alpha value is -2.63. The summed E-state index contributed by atoms with van der Waals surface area (Å²) in [4.78, 5) is 41.0. The minimum atomic E-state index is -0.546. The molecule has 26 heavy (non-hydrogen) atoms. The lowest BCUT2D eigenvalue weighted by Gasteiger charge is -2.19. The van der Waals surface area contributed by atoms with Gasteiger partial charge in [0.05, 0.1) is 16.1 Å². The highest BCUT2D eigenvalue weighted by Gasteiger charge is 2.40. The molecule has 0 aromatic heterocycles. The number of imide groups is 1. The van der Waals surface area contributed by atoms with E-state index in [1.165, 1.54) is 24.4 Å². The van der Waals surface area contributed by atoms with Gasteiger partial charge in [0, 0.05) is 30.9 Å². The molecule has 7 heteroatoms. The average molecular weight is 389 g/mol. The first-order valence-corrected chi connectivity index (χ1v) is 8.42. The lowest BCUT2D eigenvalue weighted by molar-refractivity contribution is 0.0675. The molecule has 1 aliphatic heterocycles. The number of halogens is 2. The minimum absolute atomic E-state index is 0.0783. The predicted molar refractivity (Wildman–Crippen MR) is 99.5 cm³/mol. The summed E-state index contributed by atoms with van der Waals surface area (Å²) < 4.78 is 0. The molecule has 0 saturated carbocycles. The third kappa shape index (κ3) is 3.11. The van der Waals surface area contributed by atoms with Gasteiger partial charge < -0.3 is 4.90 Å². The topological polar surface area (TPSA) is 57.7 Å². The molecule has 0 radical (unpaired) electrons. The van der Waals surface area contributed by atoms with Gasteiger partial charge in [-0.1, -0.05) is 35.3 Å². The molecular formula is C19H14Cl2N2O3. The van der Waals surface area contributed by atoms with Crippen molar-refractivity contribution in [1.82, 2.24) is 9.80 Å². The number of amides is 2. The standard InChI is InChI=1S/C19H14Cl2N2O3/c1-22(2)10-16(17(24)14-8-7-11(20)9-15(14)21)23-18(25)12-5-3-4-6-13(12)19(23)26/h3-10H,1-2H3. The number of allylic oxidation sites excluding steroid dienone is 1. The van der Waals surface area contributed by atoms with E-state index in [1.807, 2.05) is 0 Å². The fraction of sp³-hybridized carbons (Fsp3) is 0.105. The maximum atomic E-state index is 13.1. The number of fused-ring (bicyclic) bond motifs is 1. The van der Waals surface area contributed by atoms with Crippen LogP contribution in [0.4, 0.5) is 0 Å². The fourth-order valence-electron chi connectivity index (χ4n) is 2.68. The quantitative estimate of drug-likeness (QED) is 0.453. The Bertz CT molecular complexity index is 932. The van der Waals surface area contributed by atoms with Crippen molar-refractivity contribution in [2.45, 2.75) is 0 Å². The van der Waals surface area contributed by atoms with Crippen LogP contribution in [-0.2, 0) is 0 Å². The summed E-state index contributed by atoms with van der Waals surface area (Å²) in [6.07, 6.45) is 1.43. The first-order valence-electron chi connectivity index (χ1n) is 7.67. The van der Waals surface area contributed by atoms with E-state index in [1.54, 1.807) is 43.3 Å². The Morgan fingerprint density at radius 3 is 2.08 bits per heavy atom. The Balaban J connectivity index is 2.10. The third-order valence-electron chi connectivity index (χ3n) is 3.82. The van der Waals surface area contributed by atoms with E-state index in [2.05, 4.69) is 0 Å². The van der Waals surface area contributed by atoms with Crippen molar-refractivity contribution in [3.05, 3.63) is 81.1 Å². The van der Waals surface area contributed by atoms with Gasteiger partial charge in [-0.2, -0.15) is 0 Å². The number of nitrogens with zero attached hydrogens (tertiary/aromatic N) is 2. The van der Waals surface area contributed by atoms with E-state index in [0.29, 0.717) is 5.02 Å². The molecule has 5 nitrogen and oxygen atoms in total. The molecule has 2 aromatic carbocycles. The van der Waals surface area contributed by atoms with Gasteiger partial charge in [-0.05, 0) is 30.3 Å². The molecular weight excluding hydrogens is 375 g/mol. The van der Waals surface area contributed by atoms with Gasteiger partial charge in [0.25, 0.3) is 11.8 Å². The first-order chi connectivity index (χ1) is 12.3. The highest BCUT2D eigenvalue weighted by atomic mass is 35.5. The zero-order chi connectivity index (χ0) is 19.0. The maximum Gasteiger partial charge on any atom is 0.266 e. The van der Waals surface area contributed by atoms with Crippen LogP contribution in [0.1, 0.15) is 31.1 Å². The van der Waals surface area contributed by atoms with Crippen LogP contribution < -0.4 is 0 Å². The SMILES string of the molecule is CN(C)C=C(C(=O)c1ccc(Cl)cc1Cl)N1C(=O)c2ccccc2C1=O. The van der Waals surface area contributed by atoms with Crippen LogP contribution in [0, 0.1) is 0 Å². The maximum absolute atomic E-state index is 13.1. The second kappa shape index (κ2) is 6.94. The van der Waals surface area contributed by atoms with E-state index in [4.69, 9.17) is 23.2 Å². The number of Topliss-reactive ketones (excluding diaryl/α,β-unsaturated/α-hetero) is 1. The lowest BCUT2D eigenvalue weighted by atomic mass is 10.1. The van der Waals surface area contributed by atoms with Crippen LogP contribution in [0.25, 0.3) is 0 Å². The number of hydrogen-bond donors (Lipinski definition) is 0. The van der Waals surface area contributed by atoms with Gasteiger partial charge >= 0.3 is 0 Å². The number of hydrogen-bond acceptors (Lipinski definition) is 4. The Morgan fingerprint density at radius 1 is 1.00 bits per heavy atom. The van der Waals surface area contributed by atoms with Crippen LogP contribution in [0.5, 0.6) is 0 Å². The molecule has 1 heterocycles. The monoisotopic (exact) mass is 388 g/mol. The molecule has 132 valence electrons. The molecule has 0 spiro atoms. The van der Waals surface area contributed by atoms with Crippen molar-refractivity contribution in [1.29, 1.82) is 0 Å². The second-order valence-corrected chi connectivity index (χ2v) is 6.77. The summed E-state index contributed by atoms with van der Waals surface area (Å²) in [5, 5.41) is 0.522. The van der Waals surface area contributed by atoms with E-state index in [-0.39, 0.29) is 27.4 Å². The molecule has 2 aromatic rings. The molecule has 0 atom stereocenters. The fourth-order valence-corrected chi connectivity index (χ4v) is 3.18. The Labute approximate surface area is 160 Å². The molecule has 0 bridgehead atoms. The molecule has 0 aliphatic carbocycles. The Kier molecular flexibility index (Phi) is 4.85. The molecule has 0 unspecified atom stereocenters. The summed E-state index contributed by atoms with van der Waals surface area (Å²) in [7, 11) is 3.38. The van der Waals surface area contributed by atoms with E-state index >= 15 is 0 Å². The highest BCUT2D eigenvalue weighted by Crippen LogP contribution is 2.30. The zero-order valence-corrected chi connectivity index (χ0v) is 15.5. The number of rotatable bonds is 4. The van der Waals surface area contributed by atoms with Gasteiger partial charge in [-0.15, -0.1) is 0 Å². The van der Waals surface area contributed by atoms with Crippen molar-refractivity contribution in [2.75, 3.05) is 14.1 Å². The molecule has 1 aliphatic rings. The zero-order valence-electron chi connectivity index (χ0n) is 14.0. The number of ketones is 1. The Morgan fingerprint density at radius 2 is 1.58 bits per heavy atom. The summed E-state index contributed by atoms with van der Waals surface area (Å²) in [5.41, 5.74) is 0.598. The van der Waals surface area contributed by atoms with Crippen LogP contribution >= 0.6 is 23.2 Å². The molecule has 0 saturated heterocycles. The predicted octanol–water partition coefficient (Wildman–Crippen LogP) is 3.88. The van der Waals surface area contributed by atoms with Crippen molar-refractivity contribution >= 4 is 40.8 Å². The summed E-state index contributed by atoms with van der Waals surface area (Å²) >= 11 is 12.0. The molecule has 0 N–H and O–H groups in total. The smallest absolute Gasteiger partial charge is 0.266 e. The molecule has 2 amide bonds. The summed E-state index contributed by atoms with van der Waals surface area (Å²) in [5.74, 6) is -1.64. The second-order valence-electron chi connectivity index (χ2n) is 5.92. The van der Waals surface area contributed by atoms with E-state index < -0.39 is 17.6 Å². The molecule has 3 rings (SSSR count). The highest BCUT2D eigenvalue weighted by molar-refractivity contribution is 6.38. The van der Waals surface area contributed by atoms with Crippen LogP contribution in [0.2, 0.25) is 10.0 Å². The normalized spacial score (nSPS) is 13.8. The summed E-state index contributed by atoms with van der Waals surface area (Å²) in [6, 6.07) is 10.9. The van der Waals surface area contributed by atoms with Crippen molar-refractivity contribution < 1.29 is 14.4 Å². The van der Waals surface area contributed by atoms with Gasteiger partial charge in [-0.25, -0.2) is 4.90 Å². The van der Waals surface area contributed by atoms with Crippen LogP contribution in [-0.4, -0.2) is 41.5 Å². The molecule has 0 fully saturated rings. The number of benzene rings is 2. The van der Waals surface area contributed by atoms with Gasteiger partial charge in [0.1, 0.15) is 5.70 Å². The van der Waals surface area contributed by atoms with E-state index in [9.17, 15) is 14.4 Å². The lowest BCUT2D eigenvalue weighted by Crippen LogP contribution is -2.34. The van der Waals surface area contributed by atoms with Gasteiger partial charge in [-0.3, -0.25) is 14.4 Å². The number of carbonyl (C=O) groups is 3. The van der Waals surface area contributed by atoms with Crippen molar-refractivity contribution in [2.24, 2.45) is 0 Å². The number of carbonyl (C=O) groups excluding carboxylic acids is 3. The first kappa shape index (κ1) is 18.2. The third-order valence-corrected chi connectivity index (χ3v) is 4.37. The van der Waals surface area contributed by atoms with Crippen molar-refractivity contribution in [3.8, 4) is 0 Å². The largest absolute Gasteiger partial charge is 0.382 e. The van der Waals surface area contributed by atoms with Gasteiger partial charge in [0.15, 0.2) is 0 Å². The summed E-state index contributed by atoms with van der Waals surface area (Å²) in [6.45, 7) is 0. The van der Waals surface area contributed by atoms with Crippen LogP contribution in [0.15, 0.2) is 54.4 Å². The minimum Gasteiger partial charge on any atom is -0.382 e. The van der Waals surface area contributed by atoms with Gasteiger partial charge in [0.2, 0.25) is 5.78 Å². The van der Waals surface area contributed by atoms with Crippen molar-refractivity contribution in [3.63, 3.8) is 0 Å². The van der Waals surface area contributed by atoms with E-state index in [0.717, 1.165) is 4.90 Å².